The molecule has 76 valence electrons. The van der Waals surface area contributed by atoms with Crippen molar-refractivity contribution in [3.8, 4) is 0 Å². The summed E-state index contributed by atoms with van der Waals surface area (Å²) in [5.41, 5.74) is -1.52. The summed E-state index contributed by atoms with van der Waals surface area (Å²) in [5.74, 6) is -0.737. The van der Waals surface area contributed by atoms with E-state index in [4.69, 9.17) is 5.21 Å². The van der Waals surface area contributed by atoms with Crippen LogP contribution >= 0.6 is 7.60 Å². The molecule has 10 heteroatoms. The first-order valence-corrected chi connectivity index (χ1v) is 4.82. The second-order valence-corrected chi connectivity index (χ2v) is 3.78. The van der Waals surface area contributed by atoms with E-state index in [0.29, 0.717) is 0 Å². The quantitative estimate of drug-likeness (QED) is 0.230. The molecule has 0 atom stereocenters. The van der Waals surface area contributed by atoms with Crippen LogP contribution in [0.1, 0.15) is 13.3 Å². The molecule has 0 aliphatic carbocycles. The molecule has 0 aliphatic heterocycles. The molecule has 15 heavy (non-hydrogen) atoms. The van der Waals surface area contributed by atoms with Gasteiger partial charge >= 0.3 is 59.1 Å². The second-order valence-electron chi connectivity index (χ2n) is 2.28. The number of rotatable bonds is 4. The monoisotopic (exact) mass is 255 g/mol. The van der Waals surface area contributed by atoms with Crippen LogP contribution in [0.15, 0.2) is 0 Å². The predicted octanol–water partition coefficient (Wildman–Crippen LogP) is -7.94. The van der Waals surface area contributed by atoms with Gasteiger partial charge in [-0.05, 0) is 0 Å². The van der Waals surface area contributed by atoms with E-state index in [1.54, 1.807) is 0 Å². The third kappa shape index (κ3) is 10.1. The third-order valence-electron chi connectivity index (χ3n) is 1.21. The minimum atomic E-state index is -5.23. The van der Waals surface area contributed by atoms with Crippen LogP contribution in [0.25, 0.3) is 0 Å². The van der Waals surface area contributed by atoms with Gasteiger partial charge in [0.1, 0.15) is 0 Å². The van der Waals surface area contributed by atoms with Gasteiger partial charge in [0.2, 0.25) is 5.91 Å². The van der Waals surface area contributed by atoms with Crippen LogP contribution in [0.2, 0.25) is 0 Å². The minimum Gasteiger partial charge on any atom is -0.805 e. The van der Waals surface area contributed by atoms with Crippen molar-refractivity contribution in [2.75, 3.05) is 6.54 Å². The zero-order valence-electron chi connectivity index (χ0n) is 8.80. The molecular formula is C5H8NNa2O6P. The zero-order chi connectivity index (χ0) is 10.6. The van der Waals surface area contributed by atoms with Gasteiger partial charge in [-0.2, -0.15) is 0 Å². The largest absolute Gasteiger partial charge is 1.00 e. The minimum absolute atomic E-state index is 0. The topological polar surface area (TPSA) is 121 Å². The molecule has 0 aromatic heterocycles. The molecule has 0 aromatic rings. The molecule has 7 nitrogen and oxygen atoms in total. The molecule has 0 aromatic carbocycles. The first-order chi connectivity index (χ1) is 5.75. The maximum Gasteiger partial charge on any atom is 1.00 e. The molecule has 0 aliphatic rings. The predicted molar refractivity (Wildman–Crippen MR) is 36.4 cm³/mol. The van der Waals surface area contributed by atoms with E-state index in [1.165, 1.54) is 0 Å². The van der Waals surface area contributed by atoms with E-state index < -0.39 is 32.0 Å². The van der Waals surface area contributed by atoms with Crippen LogP contribution < -0.4 is 68.9 Å². The fraction of sp³-hybridized carbons (Fsp3) is 0.600. The first-order valence-electron chi connectivity index (χ1n) is 3.27. The van der Waals surface area contributed by atoms with Crippen LogP contribution in [-0.2, 0) is 14.2 Å². The number of hydrogen-bond acceptors (Lipinski definition) is 6. The summed E-state index contributed by atoms with van der Waals surface area (Å²) in [6, 6.07) is 0. The molecule has 1 amide bonds. The normalized spacial score (nSPS) is 9.60. The van der Waals surface area contributed by atoms with Crippen molar-refractivity contribution in [2.24, 2.45) is 0 Å². The van der Waals surface area contributed by atoms with E-state index in [2.05, 4.69) is 0 Å². The molecule has 0 heterocycles. The Morgan fingerprint density at radius 2 is 1.73 bits per heavy atom. The smallest absolute Gasteiger partial charge is 0.805 e. The number of carbonyl (C=O) groups excluding carboxylic acids is 2. The Kier molecular flexibility index (Phi) is 13.3. The van der Waals surface area contributed by atoms with Crippen molar-refractivity contribution in [3.63, 3.8) is 0 Å². The fourth-order valence-corrected chi connectivity index (χ4v) is 0.870. The Morgan fingerprint density at radius 1 is 1.33 bits per heavy atom. The van der Waals surface area contributed by atoms with Crippen LogP contribution in [0.4, 0.5) is 0 Å². The first kappa shape index (κ1) is 21.5. The van der Waals surface area contributed by atoms with Gasteiger partial charge in [-0.3, -0.25) is 14.8 Å². The molecule has 0 radical (unpaired) electrons. The molecule has 0 unspecified atom stereocenters. The van der Waals surface area contributed by atoms with Crippen LogP contribution in [0.3, 0.4) is 0 Å². The fourth-order valence-electron chi connectivity index (χ4n) is 0.496. The zero-order valence-corrected chi connectivity index (χ0v) is 13.7. The summed E-state index contributed by atoms with van der Waals surface area (Å²) < 4.78 is 10.1. The summed E-state index contributed by atoms with van der Waals surface area (Å²) in [7, 11) is -5.23. The average molecular weight is 255 g/mol. The third-order valence-corrected chi connectivity index (χ3v) is 2.04. The van der Waals surface area contributed by atoms with Crippen LogP contribution in [-0.4, -0.2) is 28.2 Å². The molecule has 0 spiro atoms. The van der Waals surface area contributed by atoms with E-state index in [1.807, 2.05) is 0 Å². The van der Waals surface area contributed by atoms with Crippen molar-refractivity contribution < 1.29 is 88.3 Å². The van der Waals surface area contributed by atoms with Gasteiger partial charge in [-0.15, -0.1) is 0 Å². The SMILES string of the molecule is CC(=O)N(O)CCC(=O)P(=O)([O-])[O-].[Na+].[Na+]. The summed E-state index contributed by atoms with van der Waals surface area (Å²) >= 11 is 0. The molecular weight excluding hydrogens is 247 g/mol. The van der Waals surface area contributed by atoms with Gasteiger partial charge in [-0.25, -0.2) is 5.06 Å². The van der Waals surface area contributed by atoms with Crippen molar-refractivity contribution in [3.05, 3.63) is 0 Å². The van der Waals surface area contributed by atoms with E-state index in [9.17, 15) is 23.9 Å². The molecule has 0 fully saturated rings. The van der Waals surface area contributed by atoms with Gasteiger partial charge in [0.05, 0.1) is 6.54 Å². The summed E-state index contributed by atoms with van der Waals surface area (Å²) in [5, 5.41) is 8.84. The standard InChI is InChI=1S/C5H10NO6P.2Na/c1-4(7)6(9)3-2-5(8)13(10,11)12;;/h9H,2-3H2,1H3,(H2,10,11,12);;/q;2*+1/p-2. The van der Waals surface area contributed by atoms with Gasteiger partial charge < -0.3 is 14.4 Å². The number of hydroxylamine groups is 2. The van der Waals surface area contributed by atoms with Gasteiger partial charge in [0.15, 0.2) is 5.52 Å². The van der Waals surface area contributed by atoms with Crippen molar-refractivity contribution in [2.45, 2.75) is 13.3 Å². The molecule has 0 saturated carbocycles. The molecule has 0 rings (SSSR count). The van der Waals surface area contributed by atoms with Crippen molar-refractivity contribution in [1.29, 1.82) is 0 Å². The number of amides is 1. The maximum atomic E-state index is 10.5. The summed E-state index contributed by atoms with van der Waals surface area (Å²) in [6.07, 6.45) is -0.694. The number of nitrogens with zero attached hydrogens (tertiary/aromatic N) is 1. The molecule has 0 bridgehead atoms. The van der Waals surface area contributed by atoms with Crippen molar-refractivity contribution in [1.82, 2.24) is 5.06 Å². The Balaban J connectivity index is -0.000000720. The van der Waals surface area contributed by atoms with Gasteiger partial charge in [0.25, 0.3) is 0 Å². The second kappa shape index (κ2) is 9.30. The molecule has 0 saturated heterocycles. The van der Waals surface area contributed by atoms with Gasteiger partial charge in [0, 0.05) is 20.9 Å². The Hall–Kier alpha value is 1.25. The molecule has 1 N–H and O–H groups in total. The average Bonchev–Trinajstić information content (AvgIpc) is 1.97. The Morgan fingerprint density at radius 3 is 2.00 bits per heavy atom. The Bertz CT molecular complexity index is 266. The number of hydrogen-bond donors (Lipinski definition) is 1. The van der Waals surface area contributed by atoms with E-state index in [-0.39, 0.29) is 64.2 Å². The number of carbonyl (C=O) groups is 2. The van der Waals surface area contributed by atoms with Gasteiger partial charge in [-0.1, -0.05) is 0 Å². The van der Waals surface area contributed by atoms with Crippen LogP contribution in [0.5, 0.6) is 0 Å². The Labute approximate surface area is 131 Å². The summed E-state index contributed by atoms with van der Waals surface area (Å²) in [4.78, 5) is 40.9. The van der Waals surface area contributed by atoms with E-state index in [0.717, 1.165) is 6.92 Å². The van der Waals surface area contributed by atoms with E-state index >= 15 is 0 Å². The van der Waals surface area contributed by atoms with Crippen molar-refractivity contribution >= 4 is 19.0 Å². The maximum absolute atomic E-state index is 10.5. The summed E-state index contributed by atoms with van der Waals surface area (Å²) in [6.45, 7) is 0.529. The van der Waals surface area contributed by atoms with Crippen LogP contribution in [0, 0.1) is 0 Å².